The fourth-order valence-corrected chi connectivity index (χ4v) is 4.48. The van der Waals surface area contributed by atoms with Crippen molar-refractivity contribution in [3.8, 4) is 0 Å². The molecule has 0 aliphatic carbocycles. The average Bonchev–Trinajstić information content (AvgIpc) is 2.78. The van der Waals surface area contributed by atoms with Gasteiger partial charge in [0, 0.05) is 31.2 Å². The molecule has 1 aromatic rings. The molecule has 11 heteroatoms. The minimum atomic E-state index is -5.01. The quantitative estimate of drug-likeness (QED) is 0.612. The van der Waals surface area contributed by atoms with Crippen molar-refractivity contribution >= 4 is 11.8 Å². The van der Waals surface area contributed by atoms with E-state index < -0.39 is 35.0 Å². The molecule has 1 N–H and O–H groups in total. The molecular weight excluding hydrogens is 464 g/mol. The van der Waals surface area contributed by atoms with E-state index in [0.29, 0.717) is 50.7 Å². The maximum absolute atomic E-state index is 13.0. The van der Waals surface area contributed by atoms with E-state index in [2.05, 4.69) is 17.1 Å². The largest absolute Gasteiger partial charge is 0.416 e. The van der Waals surface area contributed by atoms with E-state index in [1.807, 2.05) is 0 Å². The van der Waals surface area contributed by atoms with Gasteiger partial charge in [-0.1, -0.05) is 6.42 Å². The standard InChI is InChI=1S/C23H29F6N3O2/c1-15-4-2-3-7-32(15)14-20(33)31-8-5-16(6-9-31)13-30-21(34)17-10-18(22(24,25)26)12-19(11-17)23(27,28)29/h10-12,15-16H,2-9,13-14H2,1H3,(H,30,34)/t15-/m1/s1. The minimum absolute atomic E-state index is 0.00580. The van der Waals surface area contributed by atoms with Crippen molar-refractivity contribution < 1.29 is 35.9 Å². The molecule has 190 valence electrons. The number of piperidine rings is 2. The molecule has 2 heterocycles. The lowest BCUT2D eigenvalue weighted by Gasteiger charge is -2.37. The number of rotatable bonds is 5. The first kappa shape index (κ1) is 26.3. The van der Waals surface area contributed by atoms with Crippen molar-refractivity contribution in [2.75, 3.05) is 32.7 Å². The van der Waals surface area contributed by atoms with Crippen LogP contribution >= 0.6 is 0 Å². The van der Waals surface area contributed by atoms with Gasteiger partial charge < -0.3 is 10.2 Å². The molecule has 0 aromatic heterocycles. The van der Waals surface area contributed by atoms with Crippen molar-refractivity contribution in [1.29, 1.82) is 0 Å². The van der Waals surface area contributed by atoms with E-state index in [1.165, 1.54) is 6.42 Å². The number of carbonyl (C=O) groups is 2. The maximum Gasteiger partial charge on any atom is 0.416 e. The van der Waals surface area contributed by atoms with Crippen LogP contribution in [0.3, 0.4) is 0 Å². The van der Waals surface area contributed by atoms with Crippen LogP contribution in [0.15, 0.2) is 18.2 Å². The molecule has 1 atom stereocenters. The molecule has 0 saturated carbocycles. The monoisotopic (exact) mass is 493 g/mol. The van der Waals surface area contributed by atoms with E-state index in [9.17, 15) is 35.9 Å². The highest BCUT2D eigenvalue weighted by Gasteiger charge is 2.37. The summed E-state index contributed by atoms with van der Waals surface area (Å²) < 4.78 is 78.1. The fraction of sp³-hybridized carbons (Fsp3) is 0.652. The van der Waals surface area contributed by atoms with Gasteiger partial charge in [0.05, 0.1) is 17.7 Å². The first-order chi connectivity index (χ1) is 15.8. The Bertz CT molecular complexity index is 846. The highest BCUT2D eigenvalue weighted by atomic mass is 19.4. The summed E-state index contributed by atoms with van der Waals surface area (Å²) in [6.45, 7) is 4.51. The van der Waals surface area contributed by atoms with Crippen LogP contribution in [0.25, 0.3) is 0 Å². The predicted molar refractivity (Wildman–Crippen MR) is 113 cm³/mol. The first-order valence-electron chi connectivity index (χ1n) is 11.4. The lowest BCUT2D eigenvalue weighted by atomic mass is 9.96. The normalized spacial score (nSPS) is 20.9. The van der Waals surface area contributed by atoms with E-state index in [1.54, 1.807) is 4.90 Å². The Hall–Kier alpha value is -2.30. The molecule has 2 aliphatic rings. The Kier molecular flexibility index (Phi) is 8.15. The Balaban J connectivity index is 1.53. The van der Waals surface area contributed by atoms with Gasteiger partial charge in [0.1, 0.15) is 0 Å². The number of alkyl halides is 6. The van der Waals surface area contributed by atoms with E-state index in [4.69, 9.17) is 0 Å². The lowest BCUT2D eigenvalue weighted by Crippen LogP contribution is -2.48. The molecule has 1 aromatic carbocycles. The van der Waals surface area contributed by atoms with Gasteiger partial charge in [-0.3, -0.25) is 14.5 Å². The molecule has 0 bridgehead atoms. The Morgan fingerprint density at radius 1 is 0.912 bits per heavy atom. The summed E-state index contributed by atoms with van der Waals surface area (Å²) in [6.07, 6.45) is -5.51. The SMILES string of the molecule is C[C@@H]1CCCCN1CC(=O)N1CCC(CNC(=O)c2cc(C(F)(F)F)cc(C(F)(F)F)c2)CC1. The van der Waals surface area contributed by atoms with Gasteiger partial charge in [-0.05, 0) is 63.3 Å². The van der Waals surface area contributed by atoms with Crippen LogP contribution in [0.2, 0.25) is 0 Å². The van der Waals surface area contributed by atoms with Gasteiger partial charge in [0.2, 0.25) is 5.91 Å². The summed E-state index contributed by atoms with van der Waals surface area (Å²) in [6, 6.07) is 1.22. The average molecular weight is 493 g/mol. The number of benzene rings is 1. The van der Waals surface area contributed by atoms with Gasteiger partial charge in [-0.25, -0.2) is 0 Å². The second-order valence-electron chi connectivity index (χ2n) is 9.14. The number of carbonyl (C=O) groups excluding carboxylic acids is 2. The van der Waals surface area contributed by atoms with Crippen LogP contribution in [0, 0.1) is 5.92 Å². The number of amides is 2. The van der Waals surface area contributed by atoms with Crippen LogP contribution in [-0.2, 0) is 17.1 Å². The lowest BCUT2D eigenvalue weighted by molar-refractivity contribution is -0.143. The molecule has 2 aliphatic heterocycles. The van der Waals surface area contributed by atoms with Gasteiger partial charge in [-0.15, -0.1) is 0 Å². The van der Waals surface area contributed by atoms with Gasteiger partial charge >= 0.3 is 12.4 Å². The highest BCUT2D eigenvalue weighted by molar-refractivity contribution is 5.94. The second-order valence-corrected chi connectivity index (χ2v) is 9.14. The summed E-state index contributed by atoms with van der Waals surface area (Å²) >= 11 is 0. The number of halogens is 6. The van der Waals surface area contributed by atoms with Crippen LogP contribution in [0.1, 0.15) is 60.5 Å². The minimum Gasteiger partial charge on any atom is -0.352 e. The Morgan fingerprint density at radius 3 is 2.03 bits per heavy atom. The molecular formula is C23H29F6N3O2. The third kappa shape index (κ3) is 6.86. The first-order valence-corrected chi connectivity index (χ1v) is 11.4. The number of hydrogen-bond acceptors (Lipinski definition) is 3. The molecule has 3 rings (SSSR count). The van der Waals surface area contributed by atoms with Crippen molar-refractivity contribution in [3.63, 3.8) is 0 Å². The van der Waals surface area contributed by atoms with Gasteiger partial charge in [0.25, 0.3) is 5.91 Å². The zero-order valence-corrected chi connectivity index (χ0v) is 18.9. The molecule has 2 fully saturated rings. The summed E-state index contributed by atoms with van der Waals surface area (Å²) in [7, 11) is 0. The van der Waals surface area contributed by atoms with E-state index >= 15 is 0 Å². The number of nitrogens with zero attached hydrogens (tertiary/aromatic N) is 2. The highest BCUT2D eigenvalue weighted by Crippen LogP contribution is 2.36. The van der Waals surface area contributed by atoms with Crippen LogP contribution in [0.5, 0.6) is 0 Å². The van der Waals surface area contributed by atoms with E-state index in [0.717, 1.165) is 19.4 Å². The van der Waals surface area contributed by atoms with Crippen LogP contribution in [0.4, 0.5) is 26.3 Å². The zero-order valence-electron chi connectivity index (χ0n) is 18.9. The summed E-state index contributed by atoms with van der Waals surface area (Å²) in [5.41, 5.74) is -3.74. The zero-order chi connectivity index (χ0) is 25.1. The summed E-state index contributed by atoms with van der Waals surface area (Å²) in [4.78, 5) is 28.9. The second kappa shape index (κ2) is 10.5. The van der Waals surface area contributed by atoms with Crippen molar-refractivity contribution in [2.45, 2.75) is 57.4 Å². The summed E-state index contributed by atoms with van der Waals surface area (Å²) in [5.74, 6) is -0.955. The van der Waals surface area contributed by atoms with Crippen molar-refractivity contribution in [2.24, 2.45) is 5.92 Å². The predicted octanol–water partition coefficient (Wildman–Crippen LogP) is 4.57. The molecule has 0 radical (unpaired) electrons. The topological polar surface area (TPSA) is 52.7 Å². The van der Waals surface area contributed by atoms with Crippen molar-refractivity contribution in [1.82, 2.24) is 15.1 Å². The summed E-state index contributed by atoms with van der Waals surface area (Å²) in [5, 5.41) is 2.46. The smallest absolute Gasteiger partial charge is 0.352 e. The van der Waals surface area contributed by atoms with Gasteiger partial charge in [0.15, 0.2) is 0 Å². The molecule has 34 heavy (non-hydrogen) atoms. The molecule has 0 spiro atoms. The third-order valence-electron chi connectivity index (χ3n) is 6.65. The molecule has 5 nitrogen and oxygen atoms in total. The molecule has 0 unspecified atom stereocenters. The van der Waals surface area contributed by atoms with Crippen LogP contribution < -0.4 is 5.32 Å². The fourth-order valence-electron chi connectivity index (χ4n) is 4.48. The van der Waals surface area contributed by atoms with Gasteiger partial charge in [-0.2, -0.15) is 26.3 Å². The number of nitrogens with one attached hydrogen (secondary N) is 1. The third-order valence-corrected chi connectivity index (χ3v) is 6.65. The number of likely N-dealkylation sites (tertiary alicyclic amines) is 2. The number of hydrogen-bond donors (Lipinski definition) is 1. The maximum atomic E-state index is 13.0. The Labute approximate surface area is 194 Å². The Morgan fingerprint density at radius 2 is 1.50 bits per heavy atom. The van der Waals surface area contributed by atoms with Crippen LogP contribution in [-0.4, -0.2) is 60.4 Å². The molecule has 2 amide bonds. The molecule has 2 saturated heterocycles. The van der Waals surface area contributed by atoms with E-state index in [-0.39, 0.29) is 24.4 Å². The van der Waals surface area contributed by atoms with Crippen molar-refractivity contribution in [3.05, 3.63) is 34.9 Å².